The number of ether oxygens (including phenoxy) is 1. The first kappa shape index (κ1) is 13.0. The number of likely N-dealkylation sites (tertiary alicyclic amines) is 1. The standard InChI is InChI=1S/C11H19NO4/c1-8(13)11(15)5-6-12(7-11)9(14)16-10(2,3)4/h15H,5-7H2,1-4H3. The van der Waals surface area contributed by atoms with E-state index >= 15 is 0 Å². The van der Waals surface area contributed by atoms with E-state index in [4.69, 9.17) is 4.74 Å². The molecule has 5 heteroatoms. The lowest BCUT2D eigenvalue weighted by Crippen LogP contribution is -2.42. The van der Waals surface area contributed by atoms with E-state index in [1.165, 1.54) is 11.8 Å². The van der Waals surface area contributed by atoms with E-state index < -0.39 is 17.3 Å². The van der Waals surface area contributed by atoms with Crippen LogP contribution in [0.15, 0.2) is 0 Å². The van der Waals surface area contributed by atoms with E-state index in [0.717, 1.165) is 0 Å². The van der Waals surface area contributed by atoms with E-state index in [0.29, 0.717) is 6.54 Å². The Morgan fingerprint density at radius 1 is 1.38 bits per heavy atom. The fraction of sp³-hybridized carbons (Fsp3) is 0.818. The van der Waals surface area contributed by atoms with Crippen LogP contribution in [0.5, 0.6) is 0 Å². The summed E-state index contributed by atoms with van der Waals surface area (Å²) in [7, 11) is 0. The summed E-state index contributed by atoms with van der Waals surface area (Å²) in [5.74, 6) is -0.307. The van der Waals surface area contributed by atoms with Crippen LogP contribution in [0.25, 0.3) is 0 Å². The Bertz CT molecular complexity index is 308. The largest absolute Gasteiger partial charge is 0.444 e. The van der Waals surface area contributed by atoms with E-state index in [9.17, 15) is 14.7 Å². The van der Waals surface area contributed by atoms with Gasteiger partial charge in [0.1, 0.15) is 11.2 Å². The number of carbonyl (C=O) groups excluding carboxylic acids is 2. The Kier molecular flexibility index (Phi) is 3.28. The summed E-state index contributed by atoms with van der Waals surface area (Å²) in [5.41, 5.74) is -1.95. The van der Waals surface area contributed by atoms with Gasteiger partial charge in [-0.25, -0.2) is 4.79 Å². The molecule has 1 atom stereocenters. The van der Waals surface area contributed by atoms with E-state index in [1.54, 1.807) is 20.8 Å². The molecule has 0 bridgehead atoms. The number of amides is 1. The van der Waals surface area contributed by atoms with Crippen molar-refractivity contribution in [2.75, 3.05) is 13.1 Å². The van der Waals surface area contributed by atoms with E-state index in [-0.39, 0.29) is 18.7 Å². The predicted octanol–water partition coefficient (Wildman–Crippen LogP) is 0.947. The van der Waals surface area contributed by atoms with Crippen molar-refractivity contribution in [3.05, 3.63) is 0 Å². The maximum absolute atomic E-state index is 11.7. The summed E-state index contributed by atoms with van der Waals surface area (Å²) in [6, 6.07) is 0. The first-order valence-corrected chi connectivity index (χ1v) is 5.35. The molecule has 1 unspecified atom stereocenters. The van der Waals surface area contributed by atoms with Crippen molar-refractivity contribution < 1.29 is 19.4 Å². The van der Waals surface area contributed by atoms with Crippen molar-refractivity contribution in [2.45, 2.75) is 45.3 Å². The molecule has 0 aromatic heterocycles. The zero-order chi connectivity index (χ0) is 12.6. The summed E-state index contributed by atoms with van der Waals surface area (Å²) in [4.78, 5) is 24.2. The van der Waals surface area contributed by atoms with Crippen molar-refractivity contribution in [2.24, 2.45) is 0 Å². The Labute approximate surface area is 95.4 Å². The van der Waals surface area contributed by atoms with Gasteiger partial charge in [-0.3, -0.25) is 4.79 Å². The van der Waals surface area contributed by atoms with Crippen LogP contribution < -0.4 is 0 Å². The summed E-state index contributed by atoms with van der Waals surface area (Å²) in [6.07, 6.45) is -0.202. The number of β-amino-alcohol motifs (C(OH)–C–C–N with tert-alkyl or cyclic N) is 1. The molecule has 0 aliphatic carbocycles. The second-order valence-electron chi connectivity index (χ2n) is 5.24. The molecule has 1 N–H and O–H groups in total. The summed E-state index contributed by atoms with van der Waals surface area (Å²) in [5, 5.41) is 9.89. The van der Waals surface area contributed by atoms with Gasteiger partial charge in [-0.2, -0.15) is 0 Å². The van der Waals surface area contributed by atoms with Crippen LogP contribution in [-0.2, 0) is 9.53 Å². The molecule has 0 spiro atoms. The minimum absolute atomic E-state index is 0.0250. The Hall–Kier alpha value is -1.10. The van der Waals surface area contributed by atoms with Gasteiger partial charge in [0.15, 0.2) is 5.78 Å². The summed E-state index contributed by atoms with van der Waals surface area (Å²) < 4.78 is 5.16. The zero-order valence-corrected chi connectivity index (χ0v) is 10.2. The minimum Gasteiger partial charge on any atom is -0.444 e. The molecular formula is C11H19NO4. The molecule has 1 heterocycles. The normalized spacial score (nSPS) is 25.7. The van der Waals surface area contributed by atoms with Crippen LogP contribution in [0.1, 0.15) is 34.1 Å². The van der Waals surface area contributed by atoms with E-state index in [2.05, 4.69) is 0 Å². The van der Waals surface area contributed by atoms with Crippen LogP contribution in [0.2, 0.25) is 0 Å². The lowest BCUT2D eigenvalue weighted by atomic mass is 9.99. The fourth-order valence-electron chi connectivity index (χ4n) is 1.56. The van der Waals surface area contributed by atoms with Gasteiger partial charge in [0, 0.05) is 13.0 Å². The maximum atomic E-state index is 11.7. The molecule has 92 valence electrons. The number of hydrogen-bond donors (Lipinski definition) is 1. The number of rotatable bonds is 1. The number of carbonyl (C=O) groups is 2. The average Bonchev–Trinajstić information content (AvgIpc) is 2.46. The molecule has 5 nitrogen and oxygen atoms in total. The highest BCUT2D eigenvalue weighted by atomic mass is 16.6. The van der Waals surface area contributed by atoms with Crippen LogP contribution in [0.4, 0.5) is 4.79 Å². The van der Waals surface area contributed by atoms with Gasteiger partial charge in [-0.1, -0.05) is 0 Å². The highest BCUT2D eigenvalue weighted by Gasteiger charge is 2.43. The van der Waals surface area contributed by atoms with Crippen molar-refractivity contribution in [1.82, 2.24) is 4.90 Å². The van der Waals surface area contributed by atoms with Crippen molar-refractivity contribution in [3.63, 3.8) is 0 Å². The van der Waals surface area contributed by atoms with Crippen LogP contribution in [0.3, 0.4) is 0 Å². The Morgan fingerprint density at radius 2 is 1.94 bits per heavy atom. The van der Waals surface area contributed by atoms with Gasteiger partial charge in [0.25, 0.3) is 0 Å². The van der Waals surface area contributed by atoms with Gasteiger partial charge in [-0.05, 0) is 27.7 Å². The lowest BCUT2D eigenvalue weighted by molar-refractivity contribution is -0.133. The maximum Gasteiger partial charge on any atom is 0.410 e. The minimum atomic E-state index is -1.39. The van der Waals surface area contributed by atoms with Gasteiger partial charge >= 0.3 is 6.09 Å². The molecule has 16 heavy (non-hydrogen) atoms. The number of hydrogen-bond acceptors (Lipinski definition) is 4. The third-order valence-electron chi connectivity index (χ3n) is 2.55. The number of aliphatic hydroxyl groups is 1. The average molecular weight is 229 g/mol. The molecule has 1 aliphatic heterocycles. The molecule has 1 aliphatic rings. The number of ketones is 1. The molecule has 0 aromatic carbocycles. The molecule has 0 aromatic rings. The van der Waals surface area contributed by atoms with Gasteiger partial charge < -0.3 is 14.7 Å². The summed E-state index contributed by atoms with van der Waals surface area (Å²) in [6.45, 7) is 7.04. The van der Waals surface area contributed by atoms with Crippen LogP contribution >= 0.6 is 0 Å². The second-order valence-corrected chi connectivity index (χ2v) is 5.24. The molecule has 1 rings (SSSR count). The zero-order valence-electron chi connectivity index (χ0n) is 10.2. The highest BCUT2D eigenvalue weighted by molar-refractivity contribution is 5.86. The topological polar surface area (TPSA) is 66.8 Å². The first-order valence-electron chi connectivity index (χ1n) is 5.35. The number of nitrogens with zero attached hydrogens (tertiary/aromatic N) is 1. The van der Waals surface area contributed by atoms with Gasteiger partial charge in [0.2, 0.25) is 0 Å². The van der Waals surface area contributed by atoms with Crippen LogP contribution in [0, 0.1) is 0 Å². The molecule has 1 saturated heterocycles. The predicted molar refractivity (Wildman–Crippen MR) is 58.1 cm³/mol. The fourth-order valence-corrected chi connectivity index (χ4v) is 1.56. The van der Waals surface area contributed by atoms with Crippen LogP contribution in [-0.4, -0.2) is 46.2 Å². The second kappa shape index (κ2) is 4.05. The molecule has 0 radical (unpaired) electrons. The van der Waals surface area contributed by atoms with Gasteiger partial charge in [0.05, 0.1) is 6.54 Å². The monoisotopic (exact) mass is 229 g/mol. The third kappa shape index (κ3) is 2.95. The highest BCUT2D eigenvalue weighted by Crippen LogP contribution is 2.23. The van der Waals surface area contributed by atoms with Crippen molar-refractivity contribution in [3.8, 4) is 0 Å². The molecule has 1 amide bonds. The molecule has 1 fully saturated rings. The number of Topliss-reactive ketones (excluding diaryl/α,β-unsaturated/α-hetero) is 1. The molecular weight excluding hydrogens is 210 g/mol. The SMILES string of the molecule is CC(=O)C1(O)CCN(C(=O)OC(C)(C)C)C1. The Morgan fingerprint density at radius 3 is 2.31 bits per heavy atom. The lowest BCUT2D eigenvalue weighted by Gasteiger charge is -2.25. The third-order valence-corrected chi connectivity index (χ3v) is 2.55. The smallest absolute Gasteiger partial charge is 0.410 e. The summed E-state index contributed by atoms with van der Waals surface area (Å²) >= 11 is 0. The van der Waals surface area contributed by atoms with Crippen molar-refractivity contribution in [1.29, 1.82) is 0 Å². The Balaban J connectivity index is 2.60. The molecule has 0 saturated carbocycles. The van der Waals surface area contributed by atoms with Crippen molar-refractivity contribution >= 4 is 11.9 Å². The van der Waals surface area contributed by atoms with Gasteiger partial charge in [-0.15, -0.1) is 0 Å². The quantitative estimate of drug-likeness (QED) is 0.727. The first-order chi connectivity index (χ1) is 7.14. The van der Waals surface area contributed by atoms with E-state index in [1.807, 2.05) is 0 Å².